The summed E-state index contributed by atoms with van der Waals surface area (Å²) in [5, 5.41) is 2.98. The van der Waals surface area contributed by atoms with Gasteiger partial charge in [-0.15, -0.1) is 0 Å². The third-order valence-corrected chi connectivity index (χ3v) is 5.03. The van der Waals surface area contributed by atoms with Gasteiger partial charge in [-0.1, -0.05) is 60.1 Å². The Morgan fingerprint density at radius 1 is 0.933 bits per heavy atom. The van der Waals surface area contributed by atoms with E-state index in [1.54, 1.807) is 23.1 Å². The van der Waals surface area contributed by atoms with Crippen molar-refractivity contribution < 1.29 is 17.6 Å². The number of alkyl halides is 3. The van der Waals surface area contributed by atoms with Crippen LogP contribution in [0.3, 0.4) is 0 Å². The monoisotopic (exact) mass is 452 g/mol. The summed E-state index contributed by atoms with van der Waals surface area (Å²) in [5.74, 6) is -0.370. The fraction of sp³-hybridized carbons (Fsp3) is 0.136. The molecule has 0 atom stereocenters. The largest absolute Gasteiger partial charge is 0.416 e. The molecule has 2 nitrogen and oxygen atoms in total. The number of nitrogens with one attached hydrogen (secondary N) is 1. The van der Waals surface area contributed by atoms with Gasteiger partial charge in [0.2, 0.25) is 0 Å². The van der Waals surface area contributed by atoms with Crippen molar-refractivity contribution in [1.29, 1.82) is 0 Å². The van der Waals surface area contributed by atoms with Crippen LogP contribution in [-0.2, 0) is 19.3 Å². The summed E-state index contributed by atoms with van der Waals surface area (Å²) in [4.78, 5) is 1.72. The minimum Gasteiger partial charge on any atom is -0.340 e. The van der Waals surface area contributed by atoms with E-state index >= 15 is 0 Å². The van der Waals surface area contributed by atoms with Crippen LogP contribution in [-0.4, -0.2) is 10.0 Å². The molecule has 0 aliphatic rings. The molecule has 3 aromatic rings. The van der Waals surface area contributed by atoms with E-state index in [0.717, 1.165) is 17.7 Å². The molecule has 3 aromatic carbocycles. The molecule has 0 heterocycles. The molecule has 0 bridgehead atoms. The van der Waals surface area contributed by atoms with Crippen LogP contribution in [0.15, 0.2) is 72.8 Å². The molecule has 30 heavy (non-hydrogen) atoms. The van der Waals surface area contributed by atoms with Gasteiger partial charge in [-0.05, 0) is 42.0 Å². The lowest BCUT2D eigenvalue weighted by Crippen LogP contribution is -2.34. The predicted octanol–water partition coefficient (Wildman–Crippen LogP) is 6.90. The number of nitrogens with zero attached hydrogens (tertiary/aromatic N) is 1. The van der Waals surface area contributed by atoms with E-state index in [4.69, 9.17) is 23.8 Å². The lowest BCUT2D eigenvalue weighted by atomic mass is 10.1. The molecule has 0 saturated carbocycles. The van der Waals surface area contributed by atoms with Gasteiger partial charge in [0.05, 0.1) is 16.3 Å². The highest BCUT2D eigenvalue weighted by Crippen LogP contribution is 2.34. The standard InChI is InChI=1S/C22H17ClF4N2S/c23-18-12-17(22(25,26)27)10-11-20(18)28-21(30)29(13-15-6-2-1-3-7-15)14-16-8-4-5-9-19(16)24/h1-12H,13-14H2,(H,28,30). The lowest BCUT2D eigenvalue weighted by molar-refractivity contribution is -0.137. The van der Waals surface area contributed by atoms with Gasteiger partial charge in [-0.2, -0.15) is 13.2 Å². The lowest BCUT2D eigenvalue weighted by Gasteiger charge is -2.27. The maximum atomic E-state index is 14.2. The molecule has 1 N–H and O–H groups in total. The highest BCUT2D eigenvalue weighted by Gasteiger charge is 2.31. The van der Waals surface area contributed by atoms with Crippen LogP contribution in [0.2, 0.25) is 5.02 Å². The molecule has 0 amide bonds. The molecule has 156 valence electrons. The van der Waals surface area contributed by atoms with E-state index in [9.17, 15) is 17.6 Å². The molecule has 0 saturated heterocycles. The van der Waals surface area contributed by atoms with Crippen LogP contribution >= 0.6 is 23.8 Å². The SMILES string of the molecule is Fc1ccccc1CN(Cc1ccccc1)C(=S)Nc1ccc(C(F)(F)F)cc1Cl. The number of halogens is 5. The number of anilines is 1. The Morgan fingerprint density at radius 2 is 1.60 bits per heavy atom. The summed E-state index contributed by atoms with van der Waals surface area (Å²) in [6.45, 7) is 0.547. The number of benzene rings is 3. The summed E-state index contributed by atoms with van der Waals surface area (Å²) < 4.78 is 52.8. The maximum absolute atomic E-state index is 14.2. The first kappa shape index (κ1) is 22.1. The van der Waals surface area contributed by atoms with Gasteiger partial charge < -0.3 is 10.2 Å². The molecule has 0 fully saturated rings. The van der Waals surface area contributed by atoms with Crippen molar-refractivity contribution in [2.75, 3.05) is 5.32 Å². The van der Waals surface area contributed by atoms with Crippen molar-refractivity contribution in [1.82, 2.24) is 4.90 Å². The van der Waals surface area contributed by atoms with Gasteiger partial charge in [-0.25, -0.2) is 4.39 Å². The Morgan fingerprint density at radius 3 is 2.23 bits per heavy atom. The quantitative estimate of drug-likeness (QED) is 0.335. The summed E-state index contributed by atoms with van der Waals surface area (Å²) in [6.07, 6.45) is -4.49. The van der Waals surface area contributed by atoms with Crippen LogP contribution in [0.1, 0.15) is 16.7 Å². The molecule has 8 heteroatoms. The third kappa shape index (κ3) is 5.70. The third-order valence-electron chi connectivity index (χ3n) is 4.36. The zero-order valence-corrected chi connectivity index (χ0v) is 17.2. The van der Waals surface area contributed by atoms with Crippen molar-refractivity contribution >= 4 is 34.6 Å². The first-order valence-electron chi connectivity index (χ1n) is 8.94. The smallest absolute Gasteiger partial charge is 0.340 e. The second-order valence-corrected chi connectivity index (χ2v) is 7.35. The molecular formula is C22H17ClF4N2S. The zero-order chi connectivity index (χ0) is 21.7. The Balaban J connectivity index is 1.83. The Bertz CT molecular complexity index is 1030. The second kappa shape index (κ2) is 9.45. The summed E-state index contributed by atoms with van der Waals surface area (Å²) >= 11 is 11.5. The fourth-order valence-corrected chi connectivity index (χ4v) is 3.29. The normalized spacial score (nSPS) is 11.2. The van der Waals surface area contributed by atoms with Crippen LogP contribution in [0, 0.1) is 5.82 Å². The van der Waals surface area contributed by atoms with E-state index in [-0.39, 0.29) is 28.2 Å². The molecule has 0 unspecified atom stereocenters. The van der Waals surface area contributed by atoms with Crippen molar-refractivity contribution in [3.8, 4) is 0 Å². The molecule has 0 aromatic heterocycles. The fourth-order valence-electron chi connectivity index (χ4n) is 2.82. The molecule has 0 radical (unpaired) electrons. The molecule has 0 aliphatic heterocycles. The highest BCUT2D eigenvalue weighted by atomic mass is 35.5. The molecule has 0 aliphatic carbocycles. The van der Waals surface area contributed by atoms with Crippen LogP contribution < -0.4 is 5.32 Å². The van der Waals surface area contributed by atoms with E-state index < -0.39 is 11.7 Å². The second-order valence-electron chi connectivity index (χ2n) is 6.56. The Kier molecular flexibility index (Phi) is 6.95. The van der Waals surface area contributed by atoms with Crippen LogP contribution in [0.25, 0.3) is 0 Å². The van der Waals surface area contributed by atoms with Crippen molar-refractivity contribution in [2.24, 2.45) is 0 Å². The number of rotatable bonds is 5. The Hall–Kier alpha value is -2.64. The molecule has 3 rings (SSSR count). The predicted molar refractivity (Wildman–Crippen MR) is 115 cm³/mol. The van der Waals surface area contributed by atoms with Crippen LogP contribution in [0.5, 0.6) is 0 Å². The van der Waals surface area contributed by atoms with Gasteiger partial charge >= 0.3 is 6.18 Å². The van der Waals surface area contributed by atoms with E-state index in [1.165, 1.54) is 12.1 Å². The van der Waals surface area contributed by atoms with Crippen LogP contribution in [0.4, 0.5) is 23.2 Å². The van der Waals surface area contributed by atoms with Gasteiger partial charge in [0.1, 0.15) is 5.82 Å². The van der Waals surface area contributed by atoms with Gasteiger partial charge in [0.25, 0.3) is 0 Å². The van der Waals surface area contributed by atoms with Crippen molar-refractivity contribution in [2.45, 2.75) is 19.3 Å². The average molecular weight is 453 g/mol. The number of hydrogen-bond donors (Lipinski definition) is 1. The average Bonchev–Trinajstić information content (AvgIpc) is 2.70. The zero-order valence-electron chi connectivity index (χ0n) is 15.6. The molecule has 0 spiro atoms. The summed E-state index contributed by atoms with van der Waals surface area (Å²) in [7, 11) is 0. The number of thiocarbonyl (C=S) groups is 1. The van der Waals surface area contributed by atoms with E-state index in [1.807, 2.05) is 30.3 Å². The first-order chi connectivity index (χ1) is 14.2. The summed E-state index contributed by atoms with van der Waals surface area (Å²) in [5.41, 5.74) is 0.769. The maximum Gasteiger partial charge on any atom is 0.416 e. The van der Waals surface area contributed by atoms with Crippen molar-refractivity contribution in [3.05, 3.63) is 100 Å². The highest BCUT2D eigenvalue weighted by molar-refractivity contribution is 7.80. The van der Waals surface area contributed by atoms with Crippen molar-refractivity contribution in [3.63, 3.8) is 0 Å². The molecular weight excluding hydrogens is 436 g/mol. The minimum atomic E-state index is -4.49. The Labute approximate surface area is 182 Å². The van der Waals surface area contributed by atoms with Gasteiger partial charge in [0.15, 0.2) is 5.11 Å². The van der Waals surface area contributed by atoms with Gasteiger partial charge in [0, 0.05) is 18.7 Å². The summed E-state index contributed by atoms with van der Waals surface area (Å²) in [6, 6.07) is 18.8. The minimum absolute atomic E-state index is 0.113. The van der Waals surface area contributed by atoms with E-state index in [0.29, 0.717) is 12.1 Å². The first-order valence-corrected chi connectivity index (χ1v) is 9.72. The van der Waals surface area contributed by atoms with E-state index in [2.05, 4.69) is 5.32 Å². The number of hydrogen-bond acceptors (Lipinski definition) is 1. The van der Waals surface area contributed by atoms with Gasteiger partial charge in [-0.3, -0.25) is 0 Å². The topological polar surface area (TPSA) is 15.3 Å².